The highest BCUT2D eigenvalue weighted by molar-refractivity contribution is 5.82. The Morgan fingerprint density at radius 2 is 0.971 bits per heavy atom. The lowest BCUT2D eigenvalue weighted by atomic mass is 9.60. The van der Waals surface area contributed by atoms with Crippen molar-refractivity contribution in [2.45, 2.75) is 145 Å². The van der Waals surface area contributed by atoms with Crippen LogP contribution < -0.4 is 0 Å². The summed E-state index contributed by atoms with van der Waals surface area (Å²) in [5, 5.41) is 0. The van der Waals surface area contributed by atoms with Crippen LogP contribution in [-0.4, -0.2) is 24.1 Å². The molecule has 4 heteroatoms. The van der Waals surface area contributed by atoms with Crippen molar-refractivity contribution >= 4 is 11.9 Å². The molecule has 0 aromatic heterocycles. The number of esters is 2. The lowest BCUT2D eigenvalue weighted by molar-refractivity contribution is -0.192. The van der Waals surface area contributed by atoms with E-state index in [1.54, 1.807) is 0 Å². The summed E-state index contributed by atoms with van der Waals surface area (Å²) in [7, 11) is 0. The first-order valence-electron chi connectivity index (χ1n) is 14.2. The second kappa shape index (κ2) is 10.1. The van der Waals surface area contributed by atoms with Gasteiger partial charge in [0.15, 0.2) is 0 Å². The molecule has 0 spiro atoms. The first kappa shape index (κ1) is 27.5. The molecular weight excluding hydrogens is 424 g/mol. The topological polar surface area (TPSA) is 52.6 Å². The van der Waals surface area contributed by atoms with E-state index < -0.39 is 0 Å². The predicted molar refractivity (Wildman–Crippen MR) is 137 cm³/mol. The van der Waals surface area contributed by atoms with E-state index in [1.807, 2.05) is 0 Å². The van der Waals surface area contributed by atoms with E-state index in [0.29, 0.717) is 0 Å². The van der Waals surface area contributed by atoms with Crippen LogP contribution in [0.3, 0.4) is 0 Å². The third-order valence-electron chi connectivity index (χ3n) is 10.3. The van der Waals surface area contributed by atoms with Crippen LogP contribution in [0, 0.1) is 33.5 Å². The van der Waals surface area contributed by atoms with Crippen molar-refractivity contribution < 1.29 is 19.1 Å². The Morgan fingerprint density at radius 3 is 1.29 bits per heavy atom. The molecule has 3 rings (SSSR count). The van der Waals surface area contributed by atoms with Crippen LogP contribution in [0.2, 0.25) is 0 Å². The second-order valence-electron chi connectivity index (χ2n) is 13.8. The van der Waals surface area contributed by atoms with Crippen molar-refractivity contribution in [1.82, 2.24) is 0 Å². The lowest BCUT2D eigenvalue weighted by Crippen LogP contribution is -2.52. The van der Waals surface area contributed by atoms with Gasteiger partial charge in [-0.1, -0.05) is 81.1 Å². The summed E-state index contributed by atoms with van der Waals surface area (Å²) >= 11 is 0. The third kappa shape index (κ3) is 5.36. The van der Waals surface area contributed by atoms with E-state index in [1.165, 1.54) is 12.8 Å². The fourth-order valence-corrected chi connectivity index (χ4v) is 7.74. The summed E-state index contributed by atoms with van der Waals surface area (Å²) in [6.07, 6.45) is 11.9. The standard InChI is InChI=1S/C30H52O4/c1-9-29(7)19-13-17-27(3,4)25(29)33-23(31)21-15-11-12-16-22(21)24(32)34-26-28(5,6)18-14-20-30(26,8)10-2/h21-22,25-26H,9-20H2,1-8H3. The molecule has 6 atom stereocenters. The second-order valence-corrected chi connectivity index (χ2v) is 13.8. The summed E-state index contributed by atoms with van der Waals surface area (Å²) in [4.78, 5) is 27.3. The van der Waals surface area contributed by atoms with Gasteiger partial charge in [-0.05, 0) is 51.4 Å². The molecule has 3 aliphatic rings. The SMILES string of the molecule is CCC1(C)CCCC(C)(C)C1OC(=O)C1CCCCC1C(=O)OC1C(C)(C)CCCC1(C)CC. The number of hydrogen-bond acceptors (Lipinski definition) is 4. The molecule has 0 aromatic carbocycles. The predicted octanol–water partition coefficient (Wildman–Crippen LogP) is 7.87. The van der Waals surface area contributed by atoms with Gasteiger partial charge in [-0.15, -0.1) is 0 Å². The zero-order valence-electron chi connectivity index (χ0n) is 23.4. The van der Waals surface area contributed by atoms with Crippen LogP contribution in [-0.2, 0) is 19.1 Å². The van der Waals surface area contributed by atoms with Gasteiger partial charge in [0, 0.05) is 21.7 Å². The van der Waals surface area contributed by atoms with Crippen LogP contribution in [0.5, 0.6) is 0 Å². The molecule has 0 aliphatic heterocycles. The van der Waals surface area contributed by atoms with Gasteiger partial charge >= 0.3 is 11.9 Å². The number of hydrogen-bond donors (Lipinski definition) is 0. The van der Waals surface area contributed by atoms with Gasteiger partial charge in [0.05, 0.1) is 11.8 Å². The van der Waals surface area contributed by atoms with Gasteiger partial charge in [0.25, 0.3) is 0 Å². The van der Waals surface area contributed by atoms with Gasteiger partial charge in [0.1, 0.15) is 12.2 Å². The van der Waals surface area contributed by atoms with Crippen LogP contribution in [0.4, 0.5) is 0 Å². The Labute approximate surface area is 209 Å². The summed E-state index contributed by atoms with van der Waals surface area (Å²) in [6.45, 7) is 17.9. The van der Waals surface area contributed by atoms with E-state index in [0.717, 1.165) is 64.2 Å². The quantitative estimate of drug-likeness (QED) is 0.366. The highest BCUT2D eigenvalue weighted by Crippen LogP contribution is 2.52. The number of carbonyl (C=O) groups excluding carboxylic acids is 2. The van der Waals surface area contributed by atoms with Crippen LogP contribution in [0.25, 0.3) is 0 Å². The lowest BCUT2D eigenvalue weighted by Gasteiger charge is -2.50. The molecule has 0 amide bonds. The average molecular weight is 477 g/mol. The van der Waals surface area contributed by atoms with Gasteiger partial charge in [-0.25, -0.2) is 0 Å². The van der Waals surface area contributed by atoms with E-state index >= 15 is 0 Å². The highest BCUT2D eigenvalue weighted by atomic mass is 16.6. The van der Waals surface area contributed by atoms with Crippen LogP contribution in [0.15, 0.2) is 0 Å². The average Bonchev–Trinajstić information content (AvgIpc) is 2.78. The molecule has 0 N–H and O–H groups in total. The zero-order valence-corrected chi connectivity index (χ0v) is 23.4. The molecule has 34 heavy (non-hydrogen) atoms. The normalized spacial score (nSPS) is 39.8. The minimum absolute atomic E-state index is 0.00283. The minimum atomic E-state index is -0.375. The van der Waals surface area contributed by atoms with Crippen molar-refractivity contribution in [3.63, 3.8) is 0 Å². The van der Waals surface area contributed by atoms with Crippen molar-refractivity contribution in [2.75, 3.05) is 0 Å². The molecular formula is C30H52O4. The van der Waals surface area contributed by atoms with Crippen LogP contribution >= 0.6 is 0 Å². The summed E-state index contributed by atoms with van der Waals surface area (Å²) < 4.78 is 12.8. The van der Waals surface area contributed by atoms with Crippen molar-refractivity contribution in [1.29, 1.82) is 0 Å². The molecule has 0 aromatic rings. The molecule has 3 fully saturated rings. The van der Waals surface area contributed by atoms with E-state index in [2.05, 4.69) is 55.4 Å². The zero-order chi connectivity index (χ0) is 25.4. The van der Waals surface area contributed by atoms with Crippen LogP contribution in [0.1, 0.15) is 132 Å². The van der Waals surface area contributed by atoms with Crippen molar-refractivity contribution in [2.24, 2.45) is 33.5 Å². The third-order valence-corrected chi connectivity index (χ3v) is 10.3. The van der Waals surface area contributed by atoms with Gasteiger partial charge in [-0.3, -0.25) is 9.59 Å². The molecule has 4 nitrogen and oxygen atoms in total. The van der Waals surface area contributed by atoms with Gasteiger partial charge < -0.3 is 9.47 Å². The fraction of sp³-hybridized carbons (Fsp3) is 0.933. The smallest absolute Gasteiger partial charge is 0.310 e. The molecule has 6 unspecified atom stereocenters. The number of carbonyl (C=O) groups is 2. The molecule has 0 bridgehead atoms. The largest absolute Gasteiger partial charge is 0.461 e. The first-order valence-corrected chi connectivity index (χ1v) is 14.2. The Hall–Kier alpha value is -1.06. The molecule has 0 heterocycles. The molecule has 0 radical (unpaired) electrons. The Kier molecular flexibility index (Phi) is 8.20. The number of ether oxygens (including phenoxy) is 2. The van der Waals surface area contributed by atoms with E-state index in [4.69, 9.17) is 9.47 Å². The minimum Gasteiger partial charge on any atom is -0.461 e. The summed E-state index contributed by atoms with van der Waals surface area (Å²) in [5.74, 6) is -1.08. The summed E-state index contributed by atoms with van der Waals surface area (Å²) in [6, 6.07) is 0. The monoisotopic (exact) mass is 476 g/mol. The highest BCUT2D eigenvalue weighted by Gasteiger charge is 2.52. The molecule has 3 saturated carbocycles. The Bertz CT molecular complexity index is 678. The maximum absolute atomic E-state index is 13.6. The number of rotatable bonds is 6. The summed E-state index contributed by atoms with van der Waals surface area (Å²) in [5.41, 5.74) is -0.0922. The Morgan fingerprint density at radius 1 is 0.618 bits per heavy atom. The van der Waals surface area contributed by atoms with Gasteiger partial charge in [0.2, 0.25) is 0 Å². The van der Waals surface area contributed by atoms with E-state index in [-0.39, 0.29) is 57.6 Å². The Balaban J connectivity index is 1.78. The van der Waals surface area contributed by atoms with Crippen molar-refractivity contribution in [3.05, 3.63) is 0 Å². The molecule has 3 aliphatic carbocycles. The van der Waals surface area contributed by atoms with Crippen molar-refractivity contribution in [3.8, 4) is 0 Å². The maximum Gasteiger partial charge on any atom is 0.310 e. The molecule has 196 valence electrons. The van der Waals surface area contributed by atoms with E-state index in [9.17, 15) is 9.59 Å². The fourth-order valence-electron chi connectivity index (χ4n) is 7.74. The van der Waals surface area contributed by atoms with Gasteiger partial charge in [-0.2, -0.15) is 0 Å². The maximum atomic E-state index is 13.6. The molecule has 0 saturated heterocycles. The first-order chi connectivity index (χ1) is 15.8.